The van der Waals surface area contributed by atoms with Crippen molar-refractivity contribution in [2.75, 3.05) is 13.1 Å². The predicted molar refractivity (Wildman–Crippen MR) is 90.8 cm³/mol. The number of nitrogens with zero attached hydrogens (tertiary/aromatic N) is 3. The van der Waals surface area contributed by atoms with E-state index in [1.54, 1.807) is 24.3 Å². The van der Waals surface area contributed by atoms with Gasteiger partial charge in [0.1, 0.15) is 0 Å². The van der Waals surface area contributed by atoms with Gasteiger partial charge in [0.15, 0.2) is 0 Å². The van der Waals surface area contributed by atoms with Gasteiger partial charge in [0.05, 0.1) is 9.85 Å². The molecule has 0 aliphatic rings. The summed E-state index contributed by atoms with van der Waals surface area (Å²) >= 11 is 0. The summed E-state index contributed by atoms with van der Waals surface area (Å²) in [6.45, 7) is 4.13. The van der Waals surface area contributed by atoms with Crippen molar-refractivity contribution < 1.29 is 9.85 Å². The monoisotopic (exact) mass is 329 g/mol. The third-order valence-electron chi connectivity index (χ3n) is 3.81. The van der Waals surface area contributed by atoms with E-state index in [4.69, 9.17) is 0 Å². The van der Waals surface area contributed by atoms with Crippen molar-refractivity contribution in [3.05, 3.63) is 79.9 Å². The molecule has 0 fully saturated rings. The van der Waals surface area contributed by atoms with Crippen molar-refractivity contribution in [2.24, 2.45) is 0 Å². The Balaban J connectivity index is 2.00. The SMILES string of the molecule is CCN(CCc1cccc([N+](=O)[O-])c1)Cc1cccc([N+](=O)[O-])c1. The standard InChI is InChI=1S/C17H19N3O4/c1-2-18(13-15-6-4-8-17(12-15)20(23)24)10-9-14-5-3-7-16(11-14)19(21)22/h3-8,11-12H,2,9-10,13H2,1H3. The van der Waals surface area contributed by atoms with Gasteiger partial charge in [-0.3, -0.25) is 25.1 Å². The maximum absolute atomic E-state index is 10.8. The highest BCUT2D eigenvalue weighted by Gasteiger charge is 2.10. The van der Waals surface area contributed by atoms with Gasteiger partial charge in [-0.1, -0.05) is 31.2 Å². The van der Waals surface area contributed by atoms with E-state index in [1.807, 2.05) is 19.1 Å². The summed E-state index contributed by atoms with van der Waals surface area (Å²) in [5.41, 5.74) is 1.96. The van der Waals surface area contributed by atoms with Crippen molar-refractivity contribution in [1.82, 2.24) is 4.90 Å². The van der Waals surface area contributed by atoms with E-state index in [1.165, 1.54) is 12.1 Å². The predicted octanol–water partition coefficient (Wildman–Crippen LogP) is 3.57. The van der Waals surface area contributed by atoms with Crippen molar-refractivity contribution in [3.8, 4) is 0 Å². The second-order valence-electron chi connectivity index (χ2n) is 5.47. The van der Waals surface area contributed by atoms with E-state index >= 15 is 0 Å². The second kappa shape index (κ2) is 8.16. The van der Waals surface area contributed by atoms with Gasteiger partial charge in [-0.2, -0.15) is 0 Å². The van der Waals surface area contributed by atoms with Gasteiger partial charge in [-0.05, 0) is 24.1 Å². The Morgan fingerprint density at radius 3 is 2.00 bits per heavy atom. The van der Waals surface area contributed by atoms with Crippen LogP contribution in [0.3, 0.4) is 0 Å². The van der Waals surface area contributed by atoms with Gasteiger partial charge >= 0.3 is 0 Å². The number of hydrogen-bond acceptors (Lipinski definition) is 5. The highest BCUT2D eigenvalue weighted by Crippen LogP contribution is 2.16. The lowest BCUT2D eigenvalue weighted by Crippen LogP contribution is -2.25. The molecule has 126 valence electrons. The molecule has 0 aliphatic carbocycles. The van der Waals surface area contributed by atoms with Crippen LogP contribution in [0.4, 0.5) is 11.4 Å². The zero-order valence-electron chi connectivity index (χ0n) is 13.4. The van der Waals surface area contributed by atoms with Crippen molar-refractivity contribution in [2.45, 2.75) is 19.9 Å². The molecule has 0 saturated carbocycles. The van der Waals surface area contributed by atoms with Crippen LogP contribution in [0.1, 0.15) is 18.1 Å². The molecular weight excluding hydrogens is 310 g/mol. The molecule has 2 aromatic rings. The van der Waals surface area contributed by atoms with E-state index in [2.05, 4.69) is 4.90 Å². The van der Waals surface area contributed by atoms with E-state index in [-0.39, 0.29) is 11.4 Å². The Hall–Kier alpha value is -2.80. The summed E-state index contributed by atoms with van der Waals surface area (Å²) in [5, 5.41) is 21.7. The fourth-order valence-corrected chi connectivity index (χ4v) is 2.49. The molecule has 7 nitrogen and oxygen atoms in total. The number of nitro groups is 2. The van der Waals surface area contributed by atoms with Gasteiger partial charge in [-0.15, -0.1) is 0 Å². The van der Waals surface area contributed by atoms with Crippen LogP contribution in [-0.4, -0.2) is 27.8 Å². The average molecular weight is 329 g/mol. The van der Waals surface area contributed by atoms with Gasteiger partial charge < -0.3 is 0 Å². The number of non-ortho nitro benzene ring substituents is 2. The second-order valence-corrected chi connectivity index (χ2v) is 5.47. The molecular formula is C17H19N3O4. The molecule has 0 aromatic heterocycles. The summed E-state index contributed by atoms with van der Waals surface area (Å²) in [7, 11) is 0. The fourth-order valence-electron chi connectivity index (χ4n) is 2.49. The van der Waals surface area contributed by atoms with Gasteiger partial charge in [0.25, 0.3) is 11.4 Å². The van der Waals surface area contributed by atoms with Gasteiger partial charge in [-0.25, -0.2) is 0 Å². The van der Waals surface area contributed by atoms with Gasteiger partial charge in [0.2, 0.25) is 0 Å². The molecule has 0 spiro atoms. The molecule has 0 bridgehead atoms. The summed E-state index contributed by atoms with van der Waals surface area (Å²) in [4.78, 5) is 23.0. The molecule has 24 heavy (non-hydrogen) atoms. The average Bonchev–Trinajstić information content (AvgIpc) is 2.59. The largest absolute Gasteiger partial charge is 0.299 e. The van der Waals surface area contributed by atoms with Crippen LogP contribution in [-0.2, 0) is 13.0 Å². The Morgan fingerprint density at radius 2 is 1.46 bits per heavy atom. The van der Waals surface area contributed by atoms with Crippen molar-refractivity contribution >= 4 is 11.4 Å². The smallest absolute Gasteiger partial charge is 0.269 e. The molecule has 0 amide bonds. The summed E-state index contributed by atoms with van der Waals surface area (Å²) in [5.74, 6) is 0. The number of likely N-dealkylation sites (N-methyl/N-ethyl adjacent to an activating group) is 1. The van der Waals surface area contributed by atoms with Crippen molar-refractivity contribution in [1.29, 1.82) is 0 Å². The van der Waals surface area contributed by atoms with Crippen LogP contribution in [0.5, 0.6) is 0 Å². The molecule has 7 heteroatoms. The Bertz CT molecular complexity index is 733. The van der Waals surface area contributed by atoms with E-state index in [0.29, 0.717) is 13.0 Å². The van der Waals surface area contributed by atoms with E-state index in [0.717, 1.165) is 24.2 Å². The first kappa shape index (κ1) is 17.6. The zero-order chi connectivity index (χ0) is 17.5. The lowest BCUT2D eigenvalue weighted by atomic mass is 10.1. The third kappa shape index (κ3) is 4.85. The molecule has 0 N–H and O–H groups in total. The minimum Gasteiger partial charge on any atom is -0.299 e. The molecule has 0 radical (unpaired) electrons. The lowest BCUT2D eigenvalue weighted by Gasteiger charge is -2.20. The first-order valence-corrected chi connectivity index (χ1v) is 7.68. The molecule has 2 rings (SSSR count). The number of benzene rings is 2. The van der Waals surface area contributed by atoms with Crippen LogP contribution < -0.4 is 0 Å². The summed E-state index contributed by atoms with van der Waals surface area (Å²) in [6.07, 6.45) is 0.685. The van der Waals surface area contributed by atoms with E-state index in [9.17, 15) is 20.2 Å². The third-order valence-corrected chi connectivity index (χ3v) is 3.81. The lowest BCUT2D eigenvalue weighted by molar-refractivity contribution is -0.385. The Labute approximate surface area is 139 Å². The first-order valence-electron chi connectivity index (χ1n) is 7.68. The molecule has 0 atom stereocenters. The molecule has 0 unspecified atom stereocenters. The highest BCUT2D eigenvalue weighted by atomic mass is 16.6. The Kier molecular flexibility index (Phi) is 5.97. The first-order chi connectivity index (χ1) is 11.5. The normalized spacial score (nSPS) is 10.8. The molecule has 0 aliphatic heterocycles. The van der Waals surface area contributed by atoms with Crippen LogP contribution in [0.25, 0.3) is 0 Å². The Morgan fingerprint density at radius 1 is 0.917 bits per heavy atom. The maximum Gasteiger partial charge on any atom is 0.269 e. The number of nitro benzene ring substituents is 2. The van der Waals surface area contributed by atoms with Crippen LogP contribution in [0.2, 0.25) is 0 Å². The summed E-state index contributed by atoms with van der Waals surface area (Å²) < 4.78 is 0. The molecule has 2 aromatic carbocycles. The van der Waals surface area contributed by atoms with Crippen LogP contribution >= 0.6 is 0 Å². The van der Waals surface area contributed by atoms with Crippen LogP contribution in [0.15, 0.2) is 48.5 Å². The number of hydrogen-bond donors (Lipinski definition) is 0. The molecule has 0 heterocycles. The highest BCUT2D eigenvalue weighted by molar-refractivity contribution is 5.35. The van der Waals surface area contributed by atoms with E-state index < -0.39 is 9.85 Å². The topological polar surface area (TPSA) is 89.5 Å². The van der Waals surface area contributed by atoms with Crippen LogP contribution in [0, 0.1) is 20.2 Å². The van der Waals surface area contributed by atoms with Gasteiger partial charge in [0, 0.05) is 37.4 Å². The maximum atomic E-state index is 10.8. The molecule has 0 saturated heterocycles. The fraction of sp³-hybridized carbons (Fsp3) is 0.294. The minimum atomic E-state index is -0.400. The number of rotatable bonds is 8. The minimum absolute atomic E-state index is 0.0854. The van der Waals surface area contributed by atoms with Crippen molar-refractivity contribution in [3.63, 3.8) is 0 Å². The zero-order valence-corrected chi connectivity index (χ0v) is 13.4. The quantitative estimate of drug-likeness (QED) is 0.545. The summed E-state index contributed by atoms with van der Waals surface area (Å²) in [6, 6.07) is 13.2.